The van der Waals surface area contributed by atoms with Crippen LogP contribution in [0.25, 0.3) is 0 Å². The lowest BCUT2D eigenvalue weighted by molar-refractivity contribution is -0.138. The summed E-state index contributed by atoms with van der Waals surface area (Å²) in [6.07, 6.45) is 2.42. The van der Waals surface area contributed by atoms with Gasteiger partial charge in [-0.2, -0.15) is 0 Å². The van der Waals surface area contributed by atoms with Crippen LogP contribution in [0.2, 0.25) is 0 Å². The van der Waals surface area contributed by atoms with Crippen molar-refractivity contribution in [3.8, 4) is 0 Å². The normalized spacial score (nSPS) is 23.3. The zero-order valence-corrected chi connectivity index (χ0v) is 12.8. The van der Waals surface area contributed by atoms with Gasteiger partial charge in [-0.3, -0.25) is 9.59 Å². The highest BCUT2D eigenvalue weighted by Crippen LogP contribution is 2.21. The maximum Gasteiger partial charge on any atom is 0.303 e. The highest BCUT2D eigenvalue weighted by atomic mass is 32.2. The largest absolute Gasteiger partial charge is 0.481 e. The Kier molecular flexibility index (Phi) is 5.21. The molecule has 2 aliphatic heterocycles. The van der Waals surface area contributed by atoms with Gasteiger partial charge in [-0.15, -0.1) is 0 Å². The molecule has 0 saturated carbocycles. The molecule has 7 nitrogen and oxygen atoms in total. The minimum atomic E-state index is -3.14. The topological polar surface area (TPSA) is 95.0 Å². The van der Waals surface area contributed by atoms with Crippen molar-refractivity contribution in [2.75, 3.05) is 31.9 Å². The second-order valence-electron chi connectivity index (χ2n) is 5.74. The molecule has 21 heavy (non-hydrogen) atoms. The summed E-state index contributed by atoms with van der Waals surface area (Å²) in [7, 11) is -3.14. The van der Waals surface area contributed by atoms with E-state index in [9.17, 15) is 18.0 Å². The summed E-state index contributed by atoms with van der Waals surface area (Å²) in [5, 5.41) is 8.75. The van der Waals surface area contributed by atoms with Crippen LogP contribution in [-0.4, -0.2) is 66.5 Å². The van der Waals surface area contributed by atoms with E-state index in [1.807, 2.05) is 0 Å². The summed E-state index contributed by atoms with van der Waals surface area (Å²) in [5.41, 5.74) is 0. The Morgan fingerprint density at radius 3 is 2.33 bits per heavy atom. The van der Waals surface area contributed by atoms with Crippen LogP contribution in [0.15, 0.2) is 0 Å². The highest BCUT2D eigenvalue weighted by molar-refractivity contribution is 7.89. The van der Waals surface area contributed by atoms with Crippen molar-refractivity contribution in [2.45, 2.75) is 32.1 Å². The molecule has 1 N–H and O–H groups in total. The Hall–Kier alpha value is -1.15. The van der Waals surface area contributed by atoms with E-state index in [-0.39, 0.29) is 37.0 Å². The number of aliphatic carboxylic acids is 1. The van der Waals surface area contributed by atoms with Crippen molar-refractivity contribution >= 4 is 21.9 Å². The molecule has 0 aromatic heterocycles. The van der Waals surface area contributed by atoms with E-state index in [0.29, 0.717) is 38.9 Å². The maximum atomic E-state index is 12.1. The fraction of sp³-hybridized carbons (Fsp3) is 0.846. The van der Waals surface area contributed by atoms with Gasteiger partial charge >= 0.3 is 5.97 Å². The number of sulfonamides is 1. The molecule has 2 rings (SSSR count). The van der Waals surface area contributed by atoms with Crippen LogP contribution in [0.1, 0.15) is 32.1 Å². The molecule has 120 valence electrons. The zero-order valence-electron chi connectivity index (χ0n) is 12.0. The van der Waals surface area contributed by atoms with E-state index in [2.05, 4.69) is 0 Å². The first-order chi connectivity index (χ1) is 9.88. The van der Waals surface area contributed by atoms with Crippen LogP contribution in [0.5, 0.6) is 0 Å². The number of hydrogen-bond acceptors (Lipinski definition) is 4. The maximum absolute atomic E-state index is 12.1. The molecule has 0 aromatic rings. The van der Waals surface area contributed by atoms with E-state index >= 15 is 0 Å². The van der Waals surface area contributed by atoms with Crippen molar-refractivity contribution in [3.63, 3.8) is 0 Å². The van der Waals surface area contributed by atoms with Gasteiger partial charge in [0.05, 0.1) is 5.75 Å². The van der Waals surface area contributed by atoms with Crippen molar-refractivity contribution < 1.29 is 23.1 Å². The number of amides is 1. The van der Waals surface area contributed by atoms with Crippen LogP contribution in [-0.2, 0) is 19.6 Å². The molecule has 0 aromatic carbocycles. The van der Waals surface area contributed by atoms with Crippen LogP contribution in [0, 0.1) is 5.92 Å². The highest BCUT2D eigenvalue weighted by Gasteiger charge is 2.29. The molecular weight excluding hydrogens is 296 g/mol. The van der Waals surface area contributed by atoms with Crippen molar-refractivity contribution in [2.24, 2.45) is 5.92 Å². The van der Waals surface area contributed by atoms with Crippen LogP contribution in [0.4, 0.5) is 0 Å². The van der Waals surface area contributed by atoms with E-state index in [1.165, 1.54) is 4.31 Å². The van der Waals surface area contributed by atoms with Gasteiger partial charge in [-0.25, -0.2) is 12.7 Å². The molecule has 0 spiro atoms. The van der Waals surface area contributed by atoms with Crippen molar-refractivity contribution in [3.05, 3.63) is 0 Å². The van der Waals surface area contributed by atoms with Gasteiger partial charge in [0.25, 0.3) is 0 Å². The number of carboxylic acids is 1. The Bertz CT molecular complexity index is 497. The predicted molar refractivity (Wildman–Crippen MR) is 76.2 cm³/mol. The standard InChI is InChI=1S/C13H22N2O5S/c16-12(4-8-15-5-1-9-21(15,19)20)14-6-2-11(3-7-14)10-13(17)18/h11H,1-10H2,(H,17,18). The Labute approximate surface area is 125 Å². The fourth-order valence-electron chi connectivity index (χ4n) is 2.95. The summed E-state index contributed by atoms with van der Waals surface area (Å²) in [5.74, 6) is -0.502. The summed E-state index contributed by atoms with van der Waals surface area (Å²) >= 11 is 0. The number of carboxylic acid groups (broad SMARTS) is 1. The molecule has 2 saturated heterocycles. The van der Waals surface area contributed by atoms with Crippen LogP contribution >= 0.6 is 0 Å². The minimum absolute atomic E-state index is 0.0362. The quantitative estimate of drug-likeness (QED) is 0.777. The first-order valence-electron chi connectivity index (χ1n) is 7.36. The molecule has 0 radical (unpaired) electrons. The van der Waals surface area contributed by atoms with Gasteiger partial charge in [-0.1, -0.05) is 0 Å². The number of likely N-dealkylation sites (tertiary alicyclic amines) is 1. The number of hydrogen-bond donors (Lipinski definition) is 1. The number of carbonyl (C=O) groups is 2. The molecule has 2 aliphatic rings. The van der Waals surface area contributed by atoms with Gasteiger partial charge < -0.3 is 10.0 Å². The lowest BCUT2D eigenvalue weighted by Gasteiger charge is -2.31. The first kappa shape index (κ1) is 16.2. The van der Waals surface area contributed by atoms with Gasteiger partial charge in [0.2, 0.25) is 15.9 Å². The average Bonchev–Trinajstić information content (AvgIpc) is 2.75. The summed E-state index contributed by atoms with van der Waals surface area (Å²) < 4.78 is 24.7. The number of nitrogens with zero attached hydrogens (tertiary/aromatic N) is 2. The minimum Gasteiger partial charge on any atom is -0.481 e. The molecule has 8 heteroatoms. The SMILES string of the molecule is O=C(O)CC1CCN(C(=O)CCN2CCCS2(=O)=O)CC1. The molecule has 2 fully saturated rings. The third-order valence-electron chi connectivity index (χ3n) is 4.21. The lowest BCUT2D eigenvalue weighted by atomic mass is 9.93. The summed E-state index contributed by atoms with van der Waals surface area (Å²) in [4.78, 5) is 24.5. The van der Waals surface area contributed by atoms with E-state index < -0.39 is 16.0 Å². The molecule has 0 unspecified atom stereocenters. The predicted octanol–water partition coefficient (Wildman–Crippen LogP) is 0.125. The summed E-state index contributed by atoms with van der Waals surface area (Å²) in [6, 6.07) is 0. The van der Waals surface area contributed by atoms with Crippen LogP contribution < -0.4 is 0 Å². The second kappa shape index (κ2) is 6.74. The van der Waals surface area contributed by atoms with Crippen molar-refractivity contribution in [1.82, 2.24) is 9.21 Å². The molecule has 0 atom stereocenters. The Balaban J connectivity index is 1.74. The number of piperidine rings is 1. The zero-order chi connectivity index (χ0) is 15.5. The summed E-state index contributed by atoms with van der Waals surface area (Å²) in [6.45, 7) is 1.92. The van der Waals surface area contributed by atoms with Gasteiger partial charge in [0.1, 0.15) is 0 Å². The van der Waals surface area contributed by atoms with Gasteiger partial charge in [0, 0.05) is 39.0 Å². The molecular formula is C13H22N2O5S. The molecule has 0 aliphatic carbocycles. The van der Waals surface area contributed by atoms with E-state index in [1.54, 1.807) is 4.90 Å². The second-order valence-corrected chi connectivity index (χ2v) is 7.83. The van der Waals surface area contributed by atoms with Crippen molar-refractivity contribution in [1.29, 1.82) is 0 Å². The molecule has 1 amide bonds. The monoisotopic (exact) mass is 318 g/mol. The first-order valence-corrected chi connectivity index (χ1v) is 8.97. The average molecular weight is 318 g/mol. The Morgan fingerprint density at radius 1 is 1.14 bits per heavy atom. The van der Waals surface area contributed by atoms with Gasteiger partial charge in [-0.05, 0) is 25.2 Å². The smallest absolute Gasteiger partial charge is 0.303 e. The number of rotatable bonds is 5. The molecule has 2 heterocycles. The third kappa shape index (κ3) is 4.41. The fourth-order valence-corrected chi connectivity index (χ4v) is 4.48. The Morgan fingerprint density at radius 2 is 1.81 bits per heavy atom. The molecule has 0 bridgehead atoms. The lowest BCUT2D eigenvalue weighted by Crippen LogP contribution is -2.40. The van der Waals surface area contributed by atoms with Crippen LogP contribution in [0.3, 0.4) is 0 Å². The number of carbonyl (C=O) groups excluding carboxylic acids is 1. The van der Waals surface area contributed by atoms with Gasteiger partial charge in [0.15, 0.2) is 0 Å². The van der Waals surface area contributed by atoms with E-state index in [0.717, 1.165) is 0 Å². The third-order valence-corrected chi connectivity index (χ3v) is 6.17. The van der Waals surface area contributed by atoms with E-state index in [4.69, 9.17) is 5.11 Å².